The van der Waals surface area contributed by atoms with Crippen molar-refractivity contribution in [3.8, 4) is 0 Å². The van der Waals surface area contributed by atoms with Gasteiger partial charge in [0.2, 0.25) is 0 Å². The molecule has 0 saturated heterocycles. The fraction of sp³-hybridized carbons (Fsp3) is 0.500. The Hall–Kier alpha value is -0.130. The zero-order valence-electron chi connectivity index (χ0n) is 4.48. The topological polar surface area (TPSA) is 60.2 Å². The van der Waals surface area contributed by atoms with Gasteiger partial charge in [0.05, 0.1) is 0 Å². The van der Waals surface area contributed by atoms with E-state index < -0.39 is 21.2 Å². The van der Waals surface area contributed by atoms with Gasteiger partial charge < -0.3 is 0 Å². The molecule has 4 heteroatoms. The molecule has 2 N–H and O–H groups in total. The number of nitrogens with two attached hydrogens (primary N) is 1. The van der Waals surface area contributed by atoms with Gasteiger partial charge in [-0.1, -0.05) is 0 Å². The first kappa shape index (κ1) is 7.87. The molecular formula is C4H7INO2-. The minimum atomic E-state index is -0.686. The molecule has 0 aliphatic heterocycles. The summed E-state index contributed by atoms with van der Waals surface area (Å²) in [5.41, 5.74) is 4.80. The number of carbonyl (C=O) groups excluding carboxylic acids is 2. The molecule has 0 saturated carbocycles. The number of ketones is 1. The summed E-state index contributed by atoms with van der Waals surface area (Å²) < 4.78 is 0.0767. The van der Waals surface area contributed by atoms with Crippen molar-refractivity contribution in [2.24, 2.45) is 5.73 Å². The Bertz CT molecular complexity index is 98.6. The van der Waals surface area contributed by atoms with Crippen LogP contribution in [0.1, 0.15) is 6.92 Å². The van der Waals surface area contributed by atoms with E-state index in [1.165, 1.54) is 6.92 Å². The third-order valence-electron chi connectivity index (χ3n) is 0.387. The summed E-state index contributed by atoms with van der Waals surface area (Å²) in [5, 5.41) is 0. The van der Waals surface area contributed by atoms with Crippen LogP contribution in [-0.4, -0.2) is 14.1 Å². The Morgan fingerprint density at radius 1 is 1.62 bits per heavy atom. The number of Topliss-reactive ketones (excluding diaryl/α,β-unsaturated/α-hetero) is 1. The zero-order valence-corrected chi connectivity index (χ0v) is 6.64. The molecule has 3 nitrogen and oxygen atoms in total. The molecule has 0 aromatic carbocycles. The van der Waals surface area contributed by atoms with Crippen LogP contribution in [-0.2, 0) is 4.79 Å². The van der Waals surface area contributed by atoms with E-state index in [9.17, 15) is 9.59 Å². The number of carbonyl (C=O) groups is 2. The summed E-state index contributed by atoms with van der Waals surface area (Å²) >= 11 is -0.686. The van der Waals surface area contributed by atoms with E-state index >= 15 is 0 Å². The first-order valence-electron chi connectivity index (χ1n) is 2.01. The number of hydrogen-bond acceptors (Lipinski definition) is 2. The van der Waals surface area contributed by atoms with E-state index in [0.717, 1.165) is 0 Å². The maximum atomic E-state index is 10.2. The molecule has 0 heterocycles. The number of alkyl halides is 1. The Kier molecular flexibility index (Phi) is 3.76. The van der Waals surface area contributed by atoms with E-state index in [0.29, 0.717) is 4.43 Å². The van der Waals surface area contributed by atoms with Crippen LogP contribution < -0.4 is 26.9 Å². The second kappa shape index (κ2) is 3.82. The van der Waals surface area contributed by atoms with Crippen molar-refractivity contribution < 1.29 is 30.8 Å². The maximum absolute atomic E-state index is 10.2. The van der Waals surface area contributed by atoms with E-state index in [-0.39, 0.29) is 9.70 Å². The van der Waals surface area contributed by atoms with Crippen LogP contribution >= 0.6 is 0 Å². The minimum absolute atomic E-state index is 0.0524. The van der Waals surface area contributed by atoms with Crippen LogP contribution in [0.4, 0.5) is 4.79 Å². The number of amides is 1. The van der Waals surface area contributed by atoms with Gasteiger partial charge in [0.1, 0.15) is 0 Å². The monoisotopic (exact) mass is 228 g/mol. The third kappa shape index (κ3) is 5.87. The molecule has 0 atom stereocenters. The molecule has 0 fully saturated rings. The van der Waals surface area contributed by atoms with Gasteiger partial charge in [-0.3, -0.25) is 0 Å². The summed E-state index contributed by atoms with van der Waals surface area (Å²) in [4.78, 5) is 20.2. The first-order valence-corrected chi connectivity index (χ1v) is 4.61. The number of rotatable bonds is 3. The van der Waals surface area contributed by atoms with Gasteiger partial charge in [-0.15, -0.1) is 0 Å². The molecular weight excluding hydrogens is 221 g/mol. The molecule has 0 aromatic rings. The summed E-state index contributed by atoms with van der Waals surface area (Å²) in [7, 11) is 0. The van der Waals surface area contributed by atoms with Gasteiger partial charge in [0, 0.05) is 0 Å². The average Bonchev–Trinajstić information content (AvgIpc) is 1.61. The van der Waals surface area contributed by atoms with Gasteiger partial charge in [-0.2, -0.15) is 0 Å². The van der Waals surface area contributed by atoms with Crippen molar-refractivity contribution in [3.05, 3.63) is 0 Å². The number of hydrogen-bond donors (Lipinski definition) is 1. The third-order valence-corrected chi connectivity index (χ3v) is 2.59. The van der Waals surface area contributed by atoms with Crippen LogP contribution in [0.5, 0.6) is 0 Å². The predicted octanol–water partition coefficient (Wildman–Crippen LogP) is -3.26. The van der Waals surface area contributed by atoms with Crippen LogP contribution in [0.3, 0.4) is 0 Å². The summed E-state index contributed by atoms with van der Waals surface area (Å²) in [5.74, 6) is 0.0524. The summed E-state index contributed by atoms with van der Waals surface area (Å²) in [6.45, 7) is 1.46. The standard InChI is InChI=1S/C4H7INO2/c1-3(7)2-5-4(6)8/h2H2,1H3,(H2,6,8)/q-1. The molecule has 0 unspecified atom stereocenters. The normalized spacial score (nSPS) is 9.12. The van der Waals surface area contributed by atoms with Gasteiger partial charge in [-0.05, 0) is 0 Å². The van der Waals surface area contributed by atoms with Crippen molar-refractivity contribution in [1.82, 2.24) is 0 Å². The van der Waals surface area contributed by atoms with E-state index in [1.807, 2.05) is 0 Å². The van der Waals surface area contributed by atoms with Crippen molar-refractivity contribution in [3.63, 3.8) is 0 Å². The molecule has 48 valence electrons. The van der Waals surface area contributed by atoms with Gasteiger partial charge >= 0.3 is 57.6 Å². The molecule has 0 bridgehead atoms. The Balaban J connectivity index is 3.18. The van der Waals surface area contributed by atoms with Crippen LogP contribution in [0.25, 0.3) is 0 Å². The van der Waals surface area contributed by atoms with Crippen molar-refractivity contribution in [2.45, 2.75) is 6.92 Å². The second-order valence-corrected chi connectivity index (χ2v) is 3.86. The number of primary amides is 1. The SMILES string of the molecule is CC(=O)C[I-]C(N)=O. The molecule has 0 aliphatic carbocycles. The van der Waals surface area contributed by atoms with E-state index in [2.05, 4.69) is 0 Å². The fourth-order valence-electron chi connectivity index (χ4n) is 0.160. The molecule has 1 amide bonds. The molecule has 8 heavy (non-hydrogen) atoms. The average molecular weight is 228 g/mol. The van der Waals surface area contributed by atoms with Crippen molar-refractivity contribution >= 4 is 9.70 Å². The first-order chi connectivity index (χ1) is 3.63. The van der Waals surface area contributed by atoms with E-state index in [4.69, 9.17) is 5.73 Å². The van der Waals surface area contributed by atoms with Crippen molar-refractivity contribution in [1.29, 1.82) is 0 Å². The second-order valence-electron chi connectivity index (χ2n) is 1.27. The molecule has 0 aliphatic rings. The van der Waals surface area contributed by atoms with E-state index in [1.54, 1.807) is 0 Å². The zero-order chi connectivity index (χ0) is 6.57. The van der Waals surface area contributed by atoms with Gasteiger partial charge in [0.25, 0.3) is 0 Å². The summed E-state index contributed by atoms with van der Waals surface area (Å²) in [6, 6.07) is 0. The van der Waals surface area contributed by atoms with Crippen LogP contribution in [0, 0.1) is 0 Å². The molecule has 0 radical (unpaired) electrons. The van der Waals surface area contributed by atoms with Gasteiger partial charge in [-0.25, -0.2) is 0 Å². The Morgan fingerprint density at radius 3 is 2.25 bits per heavy atom. The predicted molar refractivity (Wildman–Crippen MR) is 25.1 cm³/mol. The van der Waals surface area contributed by atoms with Gasteiger partial charge in [0.15, 0.2) is 0 Å². The Morgan fingerprint density at radius 2 is 2.12 bits per heavy atom. The molecule has 0 aromatic heterocycles. The quantitative estimate of drug-likeness (QED) is 0.238. The van der Waals surface area contributed by atoms with Crippen molar-refractivity contribution in [2.75, 3.05) is 4.43 Å². The van der Waals surface area contributed by atoms with Crippen LogP contribution in [0.15, 0.2) is 0 Å². The molecule has 0 spiro atoms. The number of halogens is 1. The Labute approximate surface area is 57.9 Å². The van der Waals surface area contributed by atoms with Crippen LogP contribution in [0.2, 0.25) is 0 Å². The summed E-state index contributed by atoms with van der Waals surface area (Å²) in [6.07, 6.45) is 0. The fourth-order valence-corrected chi connectivity index (χ4v) is 1.07. The molecule has 0 rings (SSSR count).